The summed E-state index contributed by atoms with van der Waals surface area (Å²) in [7, 11) is 0. The van der Waals surface area contributed by atoms with E-state index >= 15 is 0 Å². The van der Waals surface area contributed by atoms with Crippen molar-refractivity contribution in [3.8, 4) is 0 Å². The van der Waals surface area contributed by atoms with Gasteiger partial charge < -0.3 is 0 Å². The van der Waals surface area contributed by atoms with Gasteiger partial charge in [0.2, 0.25) is 0 Å². The topological polar surface area (TPSA) is 0 Å². The zero-order valence-electron chi connectivity index (χ0n) is 18.2. The van der Waals surface area contributed by atoms with E-state index in [0.29, 0.717) is 0 Å². The average Bonchev–Trinajstić information content (AvgIpc) is 3.26. The van der Waals surface area contributed by atoms with Crippen molar-refractivity contribution in [2.75, 3.05) is 0 Å². The van der Waals surface area contributed by atoms with Crippen LogP contribution in [0.5, 0.6) is 0 Å². The van der Waals surface area contributed by atoms with Crippen molar-refractivity contribution in [3.63, 3.8) is 0 Å². The molecule has 0 saturated heterocycles. The molecule has 0 heterocycles. The van der Waals surface area contributed by atoms with Gasteiger partial charge in [0.15, 0.2) is 0 Å². The lowest BCUT2D eigenvalue weighted by molar-refractivity contribution is -0.0199. The summed E-state index contributed by atoms with van der Waals surface area (Å²) >= 11 is 0. The van der Waals surface area contributed by atoms with Crippen molar-refractivity contribution in [1.29, 1.82) is 0 Å². The van der Waals surface area contributed by atoms with Gasteiger partial charge in [0.25, 0.3) is 0 Å². The number of fused-ring (bicyclic) bond motifs is 8. The maximum atomic E-state index is 1.68. The fourth-order valence-electron chi connectivity index (χ4n) is 11.5. The first kappa shape index (κ1) is 17.7. The lowest BCUT2D eigenvalue weighted by Crippen LogP contribution is -2.43. The first-order chi connectivity index (χ1) is 13.8. The highest BCUT2D eigenvalue weighted by Crippen LogP contribution is 2.63. The molecular weight excluding hydrogens is 336 g/mol. The molecule has 0 spiro atoms. The average molecular weight is 381 g/mol. The summed E-state index contributed by atoms with van der Waals surface area (Å²) < 4.78 is 0. The van der Waals surface area contributed by atoms with Crippen LogP contribution in [0.2, 0.25) is 0 Å². The summed E-state index contributed by atoms with van der Waals surface area (Å²) in [5.41, 5.74) is 0. The van der Waals surface area contributed by atoms with Crippen molar-refractivity contribution in [2.24, 2.45) is 71.0 Å². The third kappa shape index (κ3) is 2.67. The lowest BCUT2D eigenvalue weighted by atomic mass is 9.53. The zero-order valence-corrected chi connectivity index (χ0v) is 18.2. The van der Waals surface area contributed by atoms with Crippen LogP contribution in [0.25, 0.3) is 0 Å². The van der Waals surface area contributed by atoms with E-state index in [1.165, 1.54) is 23.7 Å². The minimum Gasteiger partial charge on any atom is -0.0530 e. The van der Waals surface area contributed by atoms with Crippen molar-refractivity contribution in [1.82, 2.24) is 0 Å². The second kappa shape index (κ2) is 6.75. The molecule has 7 aliphatic rings. The molecule has 0 aromatic carbocycles. The van der Waals surface area contributed by atoms with E-state index in [1.807, 2.05) is 0 Å². The lowest BCUT2D eigenvalue weighted by Gasteiger charge is -2.52. The Kier molecular flexibility index (Phi) is 4.26. The van der Waals surface area contributed by atoms with Gasteiger partial charge in [-0.25, -0.2) is 0 Å². The molecule has 28 heavy (non-hydrogen) atoms. The van der Waals surface area contributed by atoms with Gasteiger partial charge in [-0.1, -0.05) is 38.5 Å². The van der Waals surface area contributed by atoms with Gasteiger partial charge >= 0.3 is 0 Å². The molecule has 0 radical (unpaired) electrons. The number of hydrogen-bond acceptors (Lipinski definition) is 0. The summed E-state index contributed by atoms with van der Waals surface area (Å²) in [4.78, 5) is 0. The minimum absolute atomic E-state index is 1.16. The highest BCUT2D eigenvalue weighted by atomic mass is 14.6. The molecular formula is C28H44. The largest absolute Gasteiger partial charge is 0.0530 e. The fourth-order valence-corrected chi connectivity index (χ4v) is 11.5. The molecule has 0 N–H and O–H groups in total. The SMILES string of the molecule is C1CCC2C(C1)CC1CC3CC4CC5C(CC4CC3CC12)CC1CCCCC15. The molecule has 7 aliphatic carbocycles. The molecule has 0 heteroatoms. The molecule has 0 aromatic heterocycles. The molecule has 0 aromatic rings. The van der Waals surface area contributed by atoms with Crippen LogP contribution in [0.15, 0.2) is 0 Å². The normalized spacial score (nSPS) is 60.0. The number of hydrogen-bond donors (Lipinski definition) is 0. The van der Waals surface area contributed by atoms with Gasteiger partial charge in [0.05, 0.1) is 0 Å². The molecule has 7 saturated carbocycles. The monoisotopic (exact) mass is 380 g/mol. The van der Waals surface area contributed by atoms with Crippen LogP contribution in [0.1, 0.15) is 103 Å². The number of rotatable bonds is 0. The predicted molar refractivity (Wildman–Crippen MR) is 116 cm³/mol. The third-order valence-electron chi connectivity index (χ3n) is 12.4. The standard InChI is InChI=1S/C28H44/c1-3-7-25-17(5-1)9-23-13-19-11-22-16-28-24(10-18-6-2-4-8-26(18)28)14-20(22)12-21(19)15-27(23)25/h17-28H,1-16H2. The van der Waals surface area contributed by atoms with Crippen LogP contribution < -0.4 is 0 Å². The summed E-state index contributed by atoms with van der Waals surface area (Å²) in [6.07, 6.45) is 26.0. The van der Waals surface area contributed by atoms with Crippen LogP contribution in [-0.4, -0.2) is 0 Å². The Morgan fingerprint density at radius 3 is 1.11 bits per heavy atom. The van der Waals surface area contributed by atoms with Crippen LogP contribution in [0.4, 0.5) is 0 Å². The summed E-state index contributed by atoms with van der Waals surface area (Å²) in [6.45, 7) is 0. The highest BCUT2D eigenvalue weighted by Gasteiger charge is 2.54. The molecule has 12 unspecified atom stereocenters. The Balaban J connectivity index is 1.07. The second-order valence-corrected chi connectivity index (χ2v) is 13.2. The van der Waals surface area contributed by atoms with Crippen molar-refractivity contribution >= 4 is 0 Å². The van der Waals surface area contributed by atoms with Crippen LogP contribution >= 0.6 is 0 Å². The van der Waals surface area contributed by atoms with Crippen LogP contribution in [0, 0.1) is 71.0 Å². The Labute approximate surface area is 174 Å². The van der Waals surface area contributed by atoms with Crippen LogP contribution in [0.3, 0.4) is 0 Å². The zero-order chi connectivity index (χ0) is 18.2. The first-order valence-corrected chi connectivity index (χ1v) is 13.8. The Hall–Kier alpha value is 0. The van der Waals surface area contributed by atoms with Crippen molar-refractivity contribution in [3.05, 3.63) is 0 Å². The van der Waals surface area contributed by atoms with E-state index in [4.69, 9.17) is 0 Å². The highest BCUT2D eigenvalue weighted by molar-refractivity contribution is 5.04. The van der Waals surface area contributed by atoms with Gasteiger partial charge in [0, 0.05) is 0 Å². The van der Waals surface area contributed by atoms with E-state index < -0.39 is 0 Å². The molecule has 12 atom stereocenters. The van der Waals surface area contributed by atoms with E-state index in [2.05, 4.69) is 0 Å². The molecule has 0 amide bonds. The minimum atomic E-state index is 1.16. The fraction of sp³-hybridized carbons (Fsp3) is 1.00. The summed E-state index contributed by atoms with van der Waals surface area (Å²) in [6, 6.07) is 0. The molecule has 0 bridgehead atoms. The molecule has 156 valence electrons. The molecule has 7 rings (SSSR count). The van der Waals surface area contributed by atoms with Gasteiger partial charge in [-0.3, -0.25) is 0 Å². The Morgan fingerprint density at radius 1 is 0.250 bits per heavy atom. The van der Waals surface area contributed by atoms with Gasteiger partial charge in [0.1, 0.15) is 0 Å². The van der Waals surface area contributed by atoms with Gasteiger partial charge in [-0.2, -0.15) is 0 Å². The van der Waals surface area contributed by atoms with E-state index in [-0.39, 0.29) is 0 Å². The Morgan fingerprint density at radius 2 is 0.607 bits per heavy atom. The first-order valence-electron chi connectivity index (χ1n) is 13.8. The third-order valence-corrected chi connectivity index (χ3v) is 12.4. The van der Waals surface area contributed by atoms with E-state index in [1.54, 1.807) is 103 Å². The molecule has 7 fully saturated rings. The summed E-state index contributed by atoms with van der Waals surface area (Å²) in [5.74, 6) is 14.0. The van der Waals surface area contributed by atoms with E-state index in [0.717, 1.165) is 47.3 Å². The maximum Gasteiger partial charge on any atom is -0.0352 e. The van der Waals surface area contributed by atoms with Crippen LogP contribution in [-0.2, 0) is 0 Å². The quantitative estimate of drug-likeness (QED) is 0.403. The smallest absolute Gasteiger partial charge is 0.0352 e. The van der Waals surface area contributed by atoms with Gasteiger partial charge in [-0.05, 0) is 135 Å². The van der Waals surface area contributed by atoms with Crippen molar-refractivity contribution < 1.29 is 0 Å². The second-order valence-electron chi connectivity index (χ2n) is 13.2. The Bertz CT molecular complexity index is 541. The summed E-state index contributed by atoms with van der Waals surface area (Å²) in [5, 5.41) is 0. The molecule has 0 nitrogen and oxygen atoms in total. The molecule has 0 aliphatic heterocycles. The van der Waals surface area contributed by atoms with Gasteiger partial charge in [-0.15, -0.1) is 0 Å². The van der Waals surface area contributed by atoms with Crippen molar-refractivity contribution in [2.45, 2.75) is 103 Å². The van der Waals surface area contributed by atoms with E-state index in [9.17, 15) is 0 Å². The maximum absolute atomic E-state index is 1.68. The predicted octanol–water partition coefficient (Wildman–Crippen LogP) is 7.72.